The molecule has 0 radical (unpaired) electrons. The summed E-state index contributed by atoms with van der Waals surface area (Å²) in [6, 6.07) is 17.8. The van der Waals surface area contributed by atoms with Crippen LogP contribution in [-0.4, -0.2) is 25.0 Å². The highest BCUT2D eigenvalue weighted by molar-refractivity contribution is 5.77. The van der Waals surface area contributed by atoms with Gasteiger partial charge in [-0.15, -0.1) is 5.10 Å². The van der Waals surface area contributed by atoms with Crippen molar-refractivity contribution in [1.82, 2.24) is 25.0 Å². The predicted molar refractivity (Wildman–Crippen MR) is 84.8 cm³/mol. The summed E-state index contributed by atoms with van der Waals surface area (Å²) in [5.41, 5.74) is 3.80. The second-order valence-electron chi connectivity index (χ2n) is 4.95. The molecule has 0 unspecified atom stereocenters. The van der Waals surface area contributed by atoms with Gasteiger partial charge in [0.15, 0.2) is 0 Å². The topological polar surface area (TPSA) is 71.4 Å². The molecule has 22 heavy (non-hydrogen) atoms. The van der Waals surface area contributed by atoms with E-state index in [1.807, 2.05) is 60.8 Å². The van der Waals surface area contributed by atoms with E-state index in [1.54, 1.807) is 4.68 Å². The summed E-state index contributed by atoms with van der Waals surface area (Å²) in [7, 11) is 0. The third-order valence-electron chi connectivity index (χ3n) is 3.39. The number of rotatable bonds is 4. The Morgan fingerprint density at radius 1 is 1.00 bits per heavy atom. The third-order valence-corrected chi connectivity index (χ3v) is 3.39. The highest BCUT2D eigenvalue weighted by atomic mass is 15.4. The van der Waals surface area contributed by atoms with E-state index in [-0.39, 0.29) is 0 Å². The molecule has 0 saturated heterocycles. The molecule has 0 amide bonds. The summed E-state index contributed by atoms with van der Waals surface area (Å²) in [4.78, 5) is 7.70. The Balaban J connectivity index is 1.49. The molecular formula is C16H14N6. The molecule has 2 aromatic carbocycles. The Labute approximate surface area is 126 Å². The zero-order chi connectivity index (χ0) is 14.8. The van der Waals surface area contributed by atoms with Crippen molar-refractivity contribution in [3.63, 3.8) is 0 Å². The van der Waals surface area contributed by atoms with Gasteiger partial charge < -0.3 is 10.3 Å². The van der Waals surface area contributed by atoms with Crippen LogP contribution in [0.3, 0.4) is 0 Å². The second-order valence-corrected chi connectivity index (χ2v) is 4.95. The average Bonchev–Trinajstić information content (AvgIpc) is 3.20. The number of H-pyrrole nitrogens is 1. The van der Waals surface area contributed by atoms with Crippen LogP contribution in [0.15, 0.2) is 60.8 Å². The first kappa shape index (κ1) is 12.6. The highest BCUT2D eigenvalue weighted by Gasteiger charge is 2.05. The number of hydrogen-bond donors (Lipinski definition) is 2. The van der Waals surface area contributed by atoms with Crippen LogP contribution in [0, 0.1) is 0 Å². The number of hydrogen-bond acceptors (Lipinski definition) is 4. The zero-order valence-electron chi connectivity index (χ0n) is 11.8. The quantitative estimate of drug-likeness (QED) is 0.606. The lowest BCUT2D eigenvalue weighted by Gasteiger charge is -1.99. The molecule has 0 bridgehead atoms. The number of aromatic nitrogens is 5. The fourth-order valence-corrected chi connectivity index (χ4v) is 2.30. The summed E-state index contributed by atoms with van der Waals surface area (Å²) in [6.45, 7) is 0.562. The number of nitrogens with one attached hydrogen (secondary N) is 2. The summed E-state index contributed by atoms with van der Waals surface area (Å²) < 4.78 is 1.76. The Kier molecular flexibility index (Phi) is 3.05. The van der Waals surface area contributed by atoms with E-state index in [9.17, 15) is 0 Å². The summed E-state index contributed by atoms with van der Waals surface area (Å²) in [5, 5.41) is 11.5. The first-order valence-corrected chi connectivity index (χ1v) is 7.04. The lowest BCUT2D eigenvalue weighted by atomic mass is 10.3. The number of anilines is 1. The van der Waals surface area contributed by atoms with E-state index in [4.69, 9.17) is 0 Å². The lowest BCUT2D eigenvalue weighted by Crippen LogP contribution is -2.01. The van der Waals surface area contributed by atoms with E-state index in [0.29, 0.717) is 6.54 Å². The van der Waals surface area contributed by atoms with Crippen molar-refractivity contribution < 1.29 is 0 Å². The van der Waals surface area contributed by atoms with Crippen LogP contribution in [0.25, 0.3) is 16.7 Å². The Bertz CT molecular complexity index is 860. The van der Waals surface area contributed by atoms with Gasteiger partial charge in [0.1, 0.15) is 5.69 Å². The average molecular weight is 290 g/mol. The molecule has 4 aromatic rings. The van der Waals surface area contributed by atoms with Gasteiger partial charge in [-0.25, -0.2) is 9.67 Å². The Morgan fingerprint density at radius 2 is 1.82 bits per heavy atom. The van der Waals surface area contributed by atoms with Crippen LogP contribution in [-0.2, 0) is 6.54 Å². The van der Waals surface area contributed by atoms with Gasteiger partial charge in [-0.2, -0.15) is 0 Å². The van der Waals surface area contributed by atoms with E-state index in [1.165, 1.54) is 0 Å². The number of benzene rings is 2. The Morgan fingerprint density at radius 3 is 2.68 bits per heavy atom. The number of para-hydroxylation sites is 3. The molecule has 2 aromatic heterocycles. The monoisotopic (exact) mass is 290 g/mol. The summed E-state index contributed by atoms with van der Waals surface area (Å²) in [5.74, 6) is 0.732. The fraction of sp³-hybridized carbons (Fsp3) is 0.0625. The fourth-order valence-electron chi connectivity index (χ4n) is 2.30. The molecular weight excluding hydrogens is 276 g/mol. The van der Waals surface area contributed by atoms with Crippen molar-refractivity contribution in [2.75, 3.05) is 5.32 Å². The molecule has 0 atom stereocenters. The van der Waals surface area contributed by atoms with Crippen LogP contribution in [0.1, 0.15) is 5.69 Å². The molecule has 0 spiro atoms. The van der Waals surface area contributed by atoms with Gasteiger partial charge >= 0.3 is 0 Å². The normalized spacial score (nSPS) is 10.9. The van der Waals surface area contributed by atoms with Crippen LogP contribution in [0.5, 0.6) is 0 Å². The number of aromatic amines is 1. The smallest absolute Gasteiger partial charge is 0.201 e. The molecule has 6 nitrogen and oxygen atoms in total. The largest absolute Gasteiger partial charge is 0.350 e. The van der Waals surface area contributed by atoms with Crippen molar-refractivity contribution in [3.05, 3.63) is 66.5 Å². The van der Waals surface area contributed by atoms with Crippen LogP contribution >= 0.6 is 0 Å². The predicted octanol–water partition coefficient (Wildman–Crippen LogP) is 2.76. The number of nitrogens with zero attached hydrogens (tertiary/aromatic N) is 4. The maximum atomic E-state index is 4.47. The number of fused-ring (bicyclic) bond motifs is 1. The van der Waals surface area contributed by atoms with Crippen molar-refractivity contribution in [2.24, 2.45) is 0 Å². The van der Waals surface area contributed by atoms with E-state index in [0.717, 1.165) is 28.4 Å². The van der Waals surface area contributed by atoms with Crippen LogP contribution in [0.2, 0.25) is 0 Å². The van der Waals surface area contributed by atoms with Crippen molar-refractivity contribution in [1.29, 1.82) is 0 Å². The third kappa shape index (κ3) is 2.42. The van der Waals surface area contributed by atoms with Crippen molar-refractivity contribution in [3.8, 4) is 5.69 Å². The lowest BCUT2D eigenvalue weighted by molar-refractivity contribution is 0.798. The van der Waals surface area contributed by atoms with Gasteiger partial charge in [0.05, 0.1) is 29.5 Å². The molecule has 108 valence electrons. The molecule has 0 aliphatic carbocycles. The van der Waals surface area contributed by atoms with E-state index >= 15 is 0 Å². The number of imidazole rings is 1. The van der Waals surface area contributed by atoms with Gasteiger partial charge in [-0.1, -0.05) is 35.5 Å². The van der Waals surface area contributed by atoms with Gasteiger partial charge in [-0.3, -0.25) is 0 Å². The van der Waals surface area contributed by atoms with Crippen molar-refractivity contribution >= 4 is 17.0 Å². The molecule has 0 aliphatic rings. The van der Waals surface area contributed by atoms with Crippen LogP contribution in [0.4, 0.5) is 5.95 Å². The second kappa shape index (κ2) is 5.33. The first-order valence-electron chi connectivity index (χ1n) is 7.04. The molecule has 4 rings (SSSR count). The van der Waals surface area contributed by atoms with Crippen molar-refractivity contribution in [2.45, 2.75) is 6.54 Å². The minimum absolute atomic E-state index is 0.562. The van der Waals surface area contributed by atoms with Gasteiger partial charge in [0.2, 0.25) is 5.95 Å². The SMILES string of the molecule is c1ccc(-n2cc(CNc3nc4ccccc4[nH]3)nn2)cc1. The molecule has 2 heterocycles. The van der Waals surface area contributed by atoms with Gasteiger partial charge in [0.25, 0.3) is 0 Å². The van der Waals surface area contributed by atoms with E-state index in [2.05, 4.69) is 25.6 Å². The first-order chi connectivity index (χ1) is 10.9. The Hall–Kier alpha value is -3.15. The maximum Gasteiger partial charge on any atom is 0.201 e. The maximum absolute atomic E-state index is 4.47. The zero-order valence-corrected chi connectivity index (χ0v) is 11.8. The van der Waals surface area contributed by atoms with Gasteiger partial charge in [0, 0.05) is 0 Å². The molecule has 6 heteroatoms. The van der Waals surface area contributed by atoms with Crippen LogP contribution < -0.4 is 5.32 Å². The summed E-state index contributed by atoms with van der Waals surface area (Å²) >= 11 is 0. The highest BCUT2D eigenvalue weighted by Crippen LogP contribution is 2.14. The minimum atomic E-state index is 0.562. The van der Waals surface area contributed by atoms with E-state index < -0.39 is 0 Å². The molecule has 0 saturated carbocycles. The molecule has 0 aliphatic heterocycles. The summed E-state index contributed by atoms with van der Waals surface area (Å²) in [6.07, 6.45) is 1.91. The van der Waals surface area contributed by atoms with Gasteiger partial charge in [-0.05, 0) is 24.3 Å². The molecule has 2 N–H and O–H groups in total. The minimum Gasteiger partial charge on any atom is -0.350 e. The standard InChI is InChI=1S/C16H14N6/c1-2-6-13(7-3-1)22-11-12(20-21-22)10-17-16-18-14-8-4-5-9-15(14)19-16/h1-9,11H,10H2,(H2,17,18,19). The molecule has 0 fully saturated rings.